The van der Waals surface area contributed by atoms with Crippen molar-refractivity contribution >= 4 is 40.3 Å². The number of thioether (sulfide) groups is 1. The summed E-state index contributed by atoms with van der Waals surface area (Å²) in [5, 5.41) is 0. The number of carbonyl (C=O) groups is 1. The van der Waals surface area contributed by atoms with Crippen LogP contribution in [0.25, 0.3) is 6.08 Å². The van der Waals surface area contributed by atoms with Crippen molar-refractivity contribution in [1.82, 2.24) is 4.90 Å². The van der Waals surface area contributed by atoms with Crippen molar-refractivity contribution in [3.8, 4) is 5.75 Å². The summed E-state index contributed by atoms with van der Waals surface area (Å²) in [6.07, 6.45) is 3.53. The molecular formula is C14H13NO2S2. The molecule has 1 fully saturated rings. The van der Waals surface area contributed by atoms with Gasteiger partial charge in [-0.15, -0.1) is 0 Å². The molecule has 1 aliphatic rings. The summed E-state index contributed by atoms with van der Waals surface area (Å²) in [5.41, 5.74) is 0.944. The summed E-state index contributed by atoms with van der Waals surface area (Å²) in [6, 6.07) is 7.53. The number of carbonyl (C=O) groups excluding carboxylic acids is 1. The highest BCUT2D eigenvalue weighted by Gasteiger charge is 2.28. The van der Waals surface area contributed by atoms with Gasteiger partial charge in [0, 0.05) is 7.05 Å². The van der Waals surface area contributed by atoms with Crippen molar-refractivity contribution in [2.45, 2.75) is 0 Å². The largest absolute Gasteiger partial charge is 0.490 e. The molecule has 2 rings (SSSR count). The number of amides is 1. The lowest BCUT2D eigenvalue weighted by molar-refractivity contribution is -0.121. The fourth-order valence-corrected chi connectivity index (χ4v) is 2.69. The molecule has 0 N–H and O–H groups in total. The average molecular weight is 291 g/mol. The van der Waals surface area contributed by atoms with Crippen molar-refractivity contribution in [2.75, 3.05) is 13.7 Å². The third-order valence-corrected chi connectivity index (χ3v) is 4.02. The zero-order chi connectivity index (χ0) is 13.8. The number of likely N-dealkylation sites (N-methyl/N-ethyl adjacent to an activating group) is 1. The molecule has 5 heteroatoms. The third kappa shape index (κ3) is 3.24. The van der Waals surface area contributed by atoms with Crippen LogP contribution in [-0.2, 0) is 4.79 Å². The van der Waals surface area contributed by atoms with Gasteiger partial charge in [0.15, 0.2) is 0 Å². The van der Waals surface area contributed by atoms with Crippen molar-refractivity contribution < 1.29 is 9.53 Å². The second-order valence-electron chi connectivity index (χ2n) is 3.91. The number of rotatable bonds is 4. The molecule has 19 heavy (non-hydrogen) atoms. The minimum Gasteiger partial charge on any atom is -0.490 e. The first-order valence-electron chi connectivity index (χ1n) is 5.67. The molecule has 98 valence electrons. The molecule has 0 atom stereocenters. The van der Waals surface area contributed by atoms with Crippen LogP contribution in [0.4, 0.5) is 0 Å². The third-order valence-electron chi connectivity index (χ3n) is 2.53. The first-order valence-corrected chi connectivity index (χ1v) is 6.89. The SMILES string of the molecule is C=CCOc1ccc(/C=C2/SC(=S)N(C)C2=O)cc1. The summed E-state index contributed by atoms with van der Waals surface area (Å²) in [6.45, 7) is 4.07. The summed E-state index contributed by atoms with van der Waals surface area (Å²) >= 11 is 6.40. The Hall–Kier alpha value is -1.59. The minimum atomic E-state index is -0.0537. The predicted octanol–water partition coefficient (Wildman–Crippen LogP) is 3.08. The van der Waals surface area contributed by atoms with E-state index < -0.39 is 0 Å². The maximum Gasteiger partial charge on any atom is 0.265 e. The van der Waals surface area contributed by atoms with Crippen LogP contribution in [0.3, 0.4) is 0 Å². The molecule has 0 aromatic heterocycles. The lowest BCUT2D eigenvalue weighted by atomic mass is 10.2. The number of nitrogens with zero attached hydrogens (tertiary/aromatic N) is 1. The molecule has 1 aromatic rings. The molecule has 1 saturated heterocycles. The summed E-state index contributed by atoms with van der Waals surface area (Å²) in [4.78, 5) is 14.0. The zero-order valence-electron chi connectivity index (χ0n) is 10.5. The molecule has 0 bridgehead atoms. The molecule has 0 unspecified atom stereocenters. The lowest BCUT2D eigenvalue weighted by Crippen LogP contribution is -2.22. The maximum absolute atomic E-state index is 11.8. The van der Waals surface area contributed by atoms with Crippen LogP contribution in [0.5, 0.6) is 5.75 Å². The van der Waals surface area contributed by atoms with Gasteiger partial charge in [0.2, 0.25) is 0 Å². The fraction of sp³-hybridized carbons (Fsp3) is 0.143. The van der Waals surface area contributed by atoms with E-state index in [1.54, 1.807) is 13.1 Å². The maximum atomic E-state index is 11.8. The van der Waals surface area contributed by atoms with Gasteiger partial charge in [0.05, 0.1) is 4.91 Å². The zero-order valence-corrected chi connectivity index (χ0v) is 12.1. The number of hydrogen-bond acceptors (Lipinski definition) is 4. The Labute approximate surface area is 121 Å². The molecule has 1 amide bonds. The Morgan fingerprint density at radius 1 is 1.42 bits per heavy atom. The average Bonchev–Trinajstić information content (AvgIpc) is 2.66. The second-order valence-corrected chi connectivity index (χ2v) is 5.59. The molecule has 0 aliphatic carbocycles. The Morgan fingerprint density at radius 2 is 2.11 bits per heavy atom. The summed E-state index contributed by atoms with van der Waals surface area (Å²) in [5.74, 6) is 0.724. The molecule has 0 saturated carbocycles. The van der Waals surface area contributed by atoms with Crippen LogP contribution in [0.2, 0.25) is 0 Å². The van der Waals surface area contributed by atoms with E-state index in [9.17, 15) is 4.79 Å². The molecular weight excluding hydrogens is 278 g/mol. The van der Waals surface area contributed by atoms with Crippen molar-refractivity contribution in [3.63, 3.8) is 0 Å². The highest BCUT2D eigenvalue weighted by atomic mass is 32.2. The van der Waals surface area contributed by atoms with Crippen LogP contribution < -0.4 is 4.74 Å². The van der Waals surface area contributed by atoms with E-state index in [2.05, 4.69) is 6.58 Å². The monoisotopic (exact) mass is 291 g/mol. The van der Waals surface area contributed by atoms with Crippen LogP contribution >= 0.6 is 24.0 Å². The smallest absolute Gasteiger partial charge is 0.265 e. The van der Waals surface area contributed by atoms with Crippen molar-refractivity contribution in [2.24, 2.45) is 0 Å². The topological polar surface area (TPSA) is 29.5 Å². The van der Waals surface area contributed by atoms with Crippen LogP contribution in [-0.4, -0.2) is 28.8 Å². The standard InChI is InChI=1S/C14H13NO2S2/c1-3-8-17-11-6-4-10(5-7-11)9-12-13(16)15(2)14(18)19-12/h3-7,9H,1,8H2,2H3/b12-9+. The van der Waals surface area contributed by atoms with E-state index in [4.69, 9.17) is 17.0 Å². The van der Waals surface area contributed by atoms with Crippen molar-refractivity contribution in [1.29, 1.82) is 0 Å². The highest BCUT2D eigenvalue weighted by Crippen LogP contribution is 2.31. The fourth-order valence-electron chi connectivity index (χ4n) is 1.51. The van der Waals surface area contributed by atoms with Gasteiger partial charge in [0.25, 0.3) is 5.91 Å². The second kappa shape index (κ2) is 6.04. The van der Waals surface area contributed by atoms with Gasteiger partial charge in [-0.25, -0.2) is 0 Å². The highest BCUT2D eigenvalue weighted by molar-refractivity contribution is 8.26. The number of thiocarbonyl (C=S) groups is 1. The van der Waals surface area contributed by atoms with E-state index in [0.29, 0.717) is 15.8 Å². The first kappa shape index (κ1) is 13.8. The van der Waals surface area contributed by atoms with Gasteiger partial charge in [-0.2, -0.15) is 0 Å². The Kier molecular flexibility index (Phi) is 4.39. The van der Waals surface area contributed by atoms with E-state index in [1.165, 1.54) is 16.7 Å². The van der Waals surface area contributed by atoms with Gasteiger partial charge < -0.3 is 4.74 Å². The molecule has 1 aromatic carbocycles. The van der Waals surface area contributed by atoms with Crippen molar-refractivity contribution in [3.05, 3.63) is 47.4 Å². The number of benzene rings is 1. The van der Waals surface area contributed by atoms with Crippen LogP contribution in [0, 0.1) is 0 Å². The summed E-state index contributed by atoms with van der Waals surface area (Å²) in [7, 11) is 1.69. The molecule has 0 spiro atoms. The normalized spacial score (nSPS) is 17.1. The number of hydrogen-bond donors (Lipinski definition) is 0. The summed E-state index contributed by atoms with van der Waals surface area (Å²) < 4.78 is 5.98. The lowest BCUT2D eigenvalue weighted by Gasteiger charge is -2.04. The van der Waals surface area contributed by atoms with E-state index in [0.717, 1.165) is 11.3 Å². The van der Waals surface area contributed by atoms with Crippen LogP contribution in [0.1, 0.15) is 5.56 Å². The molecule has 0 radical (unpaired) electrons. The van der Waals surface area contributed by atoms with Gasteiger partial charge in [-0.05, 0) is 23.8 Å². The molecule has 3 nitrogen and oxygen atoms in total. The van der Waals surface area contributed by atoms with Gasteiger partial charge in [0.1, 0.15) is 16.7 Å². The molecule has 1 heterocycles. The van der Waals surface area contributed by atoms with E-state index in [-0.39, 0.29) is 5.91 Å². The van der Waals surface area contributed by atoms with Gasteiger partial charge in [-0.1, -0.05) is 48.8 Å². The van der Waals surface area contributed by atoms with E-state index in [1.807, 2.05) is 30.3 Å². The van der Waals surface area contributed by atoms with E-state index >= 15 is 0 Å². The molecule has 1 aliphatic heterocycles. The Bertz CT molecular complexity index is 549. The number of ether oxygens (including phenoxy) is 1. The predicted molar refractivity (Wildman–Crippen MR) is 83.1 cm³/mol. The van der Waals surface area contributed by atoms with Crippen LogP contribution in [0.15, 0.2) is 41.8 Å². The quantitative estimate of drug-likeness (QED) is 0.484. The minimum absolute atomic E-state index is 0.0537. The van der Waals surface area contributed by atoms with Gasteiger partial charge >= 0.3 is 0 Å². The Morgan fingerprint density at radius 3 is 2.63 bits per heavy atom. The van der Waals surface area contributed by atoms with Gasteiger partial charge in [-0.3, -0.25) is 9.69 Å². The first-order chi connectivity index (χ1) is 9.11. The Balaban J connectivity index is 2.13.